The number of hydrogen-bond donors (Lipinski definition) is 1. The van der Waals surface area contributed by atoms with Crippen LogP contribution in [0.4, 0.5) is 0 Å². The van der Waals surface area contributed by atoms with E-state index in [2.05, 4.69) is 0 Å². The Balaban J connectivity index is 0.000000461. The van der Waals surface area contributed by atoms with Crippen molar-refractivity contribution in [1.82, 2.24) is 0 Å². The Morgan fingerprint density at radius 1 is 1.18 bits per heavy atom. The van der Waals surface area contributed by atoms with E-state index in [0.29, 0.717) is 4.90 Å². The van der Waals surface area contributed by atoms with Crippen molar-refractivity contribution in [2.24, 2.45) is 0 Å². The van der Waals surface area contributed by atoms with E-state index in [9.17, 15) is 4.21 Å². The second-order valence-corrected chi connectivity index (χ2v) is 2.53. The lowest BCUT2D eigenvalue weighted by Gasteiger charge is -1.89. The molecular formula is C7H8O3S. The molecule has 4 heteroatoms. The molecule has 1 atom stereocenters. The molecule has 1 rings (SSSR count). The predicted octanol–water partition coefficient (Wildman–Crippen LogP) is 1.08. The monoisotopic (exact) mass is 172 g/mol. The third-order valence-electron chi connectivity index (χ3n) is 0.945. The molecule has 11 heavy (non-hydrogen) atoms. The molecule has 0 aliphatic carbocycles. The molecule has 1 N–H and O–H groups in total. The van der Waals surface area contributed by atoms with E-state index >= 15 is 0 Å². The summed E-state index contributed by atoms with van der Waals surface area (Å²) >= 11 is -1.83. The van der Waals surface area contributed by atoms with Crippen LogP contribution in [0.2, 0.25) is 0 Å². The Bertz CT molecular complexity index is 222. The van der Waals surface area contributed by atoms with Crippen LogP contribution in [-0.2, 0) is 15.9 Å². The Kier molecular flexibility index (Phi) is 5.24. The third-order valence-corrected chi connectivity index (χ3v) is 1.62. The zero-order chi connectivity index (χ0) is 8.69. The molecule has 0 saturated carbocycles. The fourth-order valence-electron chi connectivity index (χ4n) is 0.537. The van der Waals surface area contributed by atoms with Gasteiger partial charge in [-0.2, -0.15) is 0 Å². The van der Waals surface area contributed by atoms with E-state index < -0.39 is 11.1 Å². The molecule has 0 spiro atoms. The lowest BCUT2D eigenvalue weighted by Crippen LogP contribution is -1.84. The Morgan fingerprint density at radius 2 is 1.64 bits per heavy atom. The molecule has 0 aliphatic heterocycles. The first-order chi connectivity index (χ1) is 5.30. The van der Waals surface area contributed by atoms with Crippen molar-refractivity contribution in [2.75, 3.05) is 0 Å². The van der Waals surface area contributed by atoms with Crippen LogP contribution in [0.1, 0.15) is 0 Å². The minimum Gasteiger partial charge on any atom is -0.307 e. The van der Waals surface area contributed by atoms with E-state index in [1.54, 1.807) is 30.3 Å². The van der Waals surface area contributed by atoms with Gasteiger partial charge in [-0.3, -0.25) is 0 Å². The Morgan fingerprint density at radius 3 is 1.91 bits per heavy atom. The second-order valence-electron chi connectivity index (χ2n) is 1.56. The van der Waals surface area contributed by atoms with E-state index in [1.807, 2.05) is 6.79 Å². The highest BCUT2D eigenvalue weighted by atomic mass is 32.2. The van der Waals surface area contributed by atoms with Gasteiger partial charge in [-0.1, -0.05) is 18.2 Å². The molecule has 1 unspecified atom stereocenters. The van der Waals surface area contributed by atoms with Gasteiger partial charge in [0.05, 0.1) is 4.90 Å². The van der Waals surface area contributed by atoms with Gasteiger partial charge in [-0.05, 0) is 12.1 Å². The Hall–Kier alpha value is -1.00. The minimum absolute atomic E-state index is 0.442. The van der Waals surface area contributed by atoms with Crippen molar-refractivity contribution in [2.45, 2.75) is 4.90 Å². The first-order valence-electron chi connectivity index (χ1n) is 2.75. The number of benzene rings is 1. The highest BCUT2D eigenvalue weighted by Gasteiger charge is 1.93. The number of hydrogen-bond acceptors (Lipinski definition) is 2. The smallest absolute Gasteiger partial charge is 0.186 e. The molecular weight excluding hydrogens is 164 g/mol. The van der Waals surface area contributed by atoms with E-state index in [0.717, 1.165) is 0 Å². The zero-order valence-electron chi connectivity index (χ0n) is 5.77. The van der Waals surface area contributed by atoms with Gasteiger partial charge in [0.15, 0.2) is 11.1 Å². The third kappa shape index (κ3) is 3.64. The zero-order valence-corrected chi connectivity index (χ0v) is 6.58. The molecule has 60 valence electrons. The van der Waals surface area contributed by atoms with Crippen molar-refractivity contribution in [3.8, 4) is 0 Å². The van der Waals surface area contributed by atoms with Crippen LogP contribution in [0.3, 0.4) is 0 Å². The van der Waals surface area contributed by atoms with Crippen LogP contribution < -0.4 is 0 Å². The average Bonchev–Trinajstić information content (AvgIpc) is 2.10. The molecule has 0 radical (unpaired) electrons. The van der Waals surface area contributed by atoms with Gasteiger partial charge in [0.2, 0.25) is 0 Å². The summed E-state index contributed by atoms with van der Waals surface area (Å²) in [5, 5.41) is 0. The maximum Gasteiger partial charge on any atom is 0.186 e. The van der Waals surface area contributed by atoms with Gasteiger partial charge < -0.3 is 9.35 Å². The normalized spacial score (nSPS) is 11.0. The second kappa shape index (κ2) is 5.76. The summed E-state index contributed by atoms with van der Waals surface area (Å²) in [6.45, 7) is 2.00. The van der Waals surface area contributed by atoms with E-state index in [-0.39, 0.29) is 0 Å². The minimum atomic E-state index is -1.83. The summed E-state index contributed by atoms with van der Waals surface area (Å²) in [5.41, 5.74) is 0. The molecule has 0 aliphatic rings. The molecule has 1 aromatic carbocycles. The molecule has 0 bridgehead atoms. The van der Waals surface area contributed by atoms with Gasteiger partial charge in [0.1, 0.15) is 6.79 Å². The van der Waals surface area contributed by atoms with Crippen LogP contribution in [0.25, 0.3) is 0 Å². The van der Waals surface area contributed by atoms with Gasteiger partial charge in [-0.15, -0.1) is 0 Å². The van der Waals surface area contributed by atoms with Crippen LogP contribution in [0, 0.1) is 0 Å². The van der Waals surface area contributed by atoms with Crippen LogP contribution in [-0.4, -0.2) is 15.6 Å². The maximum atomic E-state index is 10.3. The lowest BCUT2D eigenvalue weighted by atomic mass is 10.4. The SMILES string of the molecule is C=O.O=S(O)c1ccccc1. The summed E-state index contributed by atoms with van der Waals surface area (Å²) in [5.74, 6) is 0. The number of carbonyl (C=O) groups is 1. The molecule has 0 saturated heterocycles. The van der Waals surface area contributed by atoms with Gasteiger partial charge >= 0.3 is 0 Å². The summed E-state index contributed by atoms with van der Waals surface area (Å²) < 4.78 is 18.8. The first kappa shape index (κ1) is 10.0. The number of carbonyl (C=O) groups excluding carboxylic acids is 1. The topological polar surface area (TPSA) is 54.4 Å². The van der Waals surface area contributed by atoms with E-state index in [4.69, 9.17) is 9.35 Å². The molecule has 0 fully saturated rings. The summed E-state index contributed by atoms with van der Waals surface area (Å²) in [7, 11) is 0. The number of rotatable bonds is 1. The van der Waals surface area contributed by atoms with Gasteiger partial charge in [-0.25, -0.2) is 4.21 Å². The standard InChI is InChI=1S/C6H6O2S.CH2O/c7-9(8)6-4-2-1-3-5-6;1-2/h1-5H,(H,7,8);1H2. The van der Waals surface area contributed by atoms with Crippen LogP contribution in [0.5, 0.6) is 0 Å². The average molecular weight is 172 g/mol. The fraction of sp³-hybridized carbons (Fsp3) is 0. The first-order valence-corrected chi connectivity index (χ1v) is 3.86. The molecule has 1 aromatic rings. The highest BCUT2D eigenvalue weighted by molar-refractivity contribution is 7.79. The van der Waals surface area contributed by atoms with Gasteiger partial charge in [0, 0.05) is 0 Å². The molecule has 3 nitrogen and oxygen atoms in total. The van der Waals surface area contributed by atoms with Crippen LogP contribution in [0.15, 0.2) is 35.2 Å². The van der Waals surface area contributed by atoms with Crippen molar-refractivity contribution in [3.63, 3.8) is 0 Å². The van der Waals surface area contributed by atoms with Crippen molar-refractivity contribution in [3.05, 3.63) is 30.3 Å². The van der Waals surface area contributed by atoms with E-state index in [1.165, 1.54) is 0 Å². The van der Waals surface area contributed by atoms with Crippen molar-refractivity contribution >= 4 is 17.9 Å². The summed E-state index contributed by atoms with van der Waals surface area (Å²) in [6, 6.07) is 8.47. The van der Waals surface area contributed by atoms with Crippen molar-refractivity contribution < 1.29 is 13.6 Å². The highest BCUT2D eigenvalue weighted by Crippen LogP contribution is 2.00. The lowest BCUT2D eigenvalue weighted by molar-refractivity contribution is -0.0979. The molecule has 0 heterocycles. The predicted molar refractivity (Wildman–Crippen MR) is 42.6 cm³/mol. The largest absolute Gasteiger partial charge is 0.307 e. The molecule has 0 aromatic heterocycles. The summed E-state index contributed by atoms with van der Waals surface area (Å²) in [6.07, 6.45) is 0. The summed E-state index contributed by atoms with van der Waals surface area (Å²) in [4.78, 5) is 8.44. The van der Waals surface area contributed by atoms with Crippen LogP contribution >= 0.6 is 0 Å². The fourth-order valence-corrected chi connectivity index (χ4v) is 0.927. The quantitative estimate of drug-likeness (QED) is 0.645. The van der Waals surface area contributed by atoms with Crippen molar-refractivity contribution in [1.29, 1.82) is 0 Å². The maximum absolute atomic E-state index is 10.3. The Labute approximate surface area is 67.3 Å². The van der Waals surface area contributed by atoms with Gasteiger partial charge in [0.25, 0.3) is 0 Å². The molecule has 0 amide bonds.